The van der Waals surface area contributed by atoms with E-state index in [0.29, 0.717) is 12.8 Å². The number of fused-ring (bicyclic) bond motifs is 5. The van der Waals surface area contributed by atoms with Crippen molar-refractivity contribution in [3.63, 3.8) is 0 Å². The summed E-state index contributed by atoms with van der Waals surface area (Å²) in [7, 11) is 0. The Morgan fingerprint density at radius 1 is 1.03 bits per heavy atom. The van der Waals surface area contributed by atoms with Crippen LogP contribution >= 0.6 is 0 Å². The van der Waals surface area contributed by atoms with Crippen LogP contribution in [0.4, 0.5) is 0 Å². The minimum absolute atomic E-state index is 0.00395. The summed E-state index contributed by atoms with van der Waals surface area (Å²) < 4.78 is 0. The Labute approximate surface area is 220 Å². The first-order chi connectivity index (χ1) is 16.7. The van der Waals surface area contributed by atoms with Crippen LogP contribution in [0.5, 0.6) is 0 Å². The summed E-state index contributed by atoms with van der Waals surface area (Å²) in [5.41, 5.74) is -5.10. The summed E-state index contributed by atoms with van der Waals surface area (Å²) in [6, 6.07) is 0. The summed E-state index contributed by atoms with van der Waals surface area (Å²) in [5, 5.41) is 43.9. The molecule has 0 spiro atoms. The van der Waals surface area contributed by atoms with Crippen LogP contribution in [0.2, 0.25) is 0 Å². The number of Topliss-reactive ketones (excluding diaryl/α,β-unsaturated/α-hetero) is 3. The largest absolute Gasteiger partial charge is 0.393 e. The highest BCUT2D eigenvalue weighted by Crippen LogP contribution is 2.74. The van der Waals surface area contributed by atoms with Crippen LogP contribution < -0.4 is 0 Å². The molecule has 0 unspecified atom stereocenters. The van der Waals surface area contributed by atoms with Crippen molar-refractivity contribution in [3.05, 3.63) is 11.6 Å². The van der Waals surface area contributed by atoms with Crippen molar-refractivity contribution < 1.29 is 34.8 Å². The Hall–Kier alpha value is -1.41. The van der Waals surface area contributed by atoms with E-state index in [1.54, 1.807) is 13.8 Å². The normalized spacial score (nSPS) is 44.9. The molecule has 0 aromatic carbocycles. The van der Waals surface area contributed by atoms with Crippen LogP contribution in [-0.4, -0.2) is 61.2 Å². The molecule has 7 heteroatoms. The predicted molar refractivity (Wildman–Crippen MR) is 138 cm³/mol. The number of carbonyl (C=O) groups is 3. The Morgan fingerprint density at radius 2 is 1.62 bits per heavy atom. The zero-order valence-corrected chi connectivity index (χ0v) is 23.7. The maximum atomic E-state index is 14.2. The average Bonchev–Trinajstić information content (AvgIpc) is 2.96. The predicted octanol–water partition coefficient (Wildman–Crippen LogP) is 3.15. The van der Waals surface area contributed by atoms with Crippen LogP contribution in [0.15, 0.2) is 11.6 Å². The molecule has 0 amide bonds. The molecule has 0 saturated heterocycles. The molecule has 4 N–H and O–H groups in total. The van der Waals surface area contributed by atoms with E-state index in [1.165, 1.54) is 6.92 Å². The number of hydrogen-bond acceptors (Lipinski definition) is 7. The van der Waals surface area contributed by atoms with Gasteiger partial charge in [-0.3, -0.25) is 14.4 Å². The summed E-state index contributed by atoms with van der Waals surface area (Å²) in [6.07, 6.45) is 1.33. The molecule has 9 atom stereocenters. The van der Waals surface area contributed by atoms with Gasteiger partial charge in [0.15, 0.2) is 11.6 Å². The fourth-order valence-corrected chi connectivity index (χ4v) is 9.24. The van der Waals surface area contributed by atoms with Gasteiger partial charge in [0.1, 0.15) is 17.5 Å². The second-order valence-corrected chi connectivity index (χ2v) is 14.6. The number of rotatable bonds is 5. The molecule has 0 radical (unpaired) electrons. The Kier molecular flexibility index (Phi) is 6.41. The molecule has 3 fully saturated rings. The number of aliphatic hydroxyl groups is 4. The van der Waals surface area contributed by atoms with Crippen LogP contribution in [0, 0.1) is 39.4 Å². The van der Waals surface area contributed by atoms with Crippen LogP contribution in [0.1, 0.15) is 93.9 Å². The van der Waals surface area contributed by atoms with Gasteiger partial charge >= 0.3 is 0 Å². The van der Waals surface area contributed by atoms with E-state index in [4.69, 9.17) is 0 Å². The SMILES string of the molecule is CC(C)(O)CCC(=O)[C@](C)(O)[C@@H]1[C@H](O)C[C@@]2(C)[C@@H]3CC=C4[C@H](C[C@H](O)C(=O)C4(C)C)[C@]3(C)C(=O)C[C@]12C. The zero-order valence-electron chi connectivity index (χ0n) is 23.7. The first-order valence-corrected chi connectivity index (χ1v) is 13.8. The van der Waals surface area contributed by atoms with Crippen molar-refractivity contribution in [2.45, 2.75) is 117 Å². The Morgan fingerprint density at radius 3 is 2.19 bits per heavy atom. The molecule has 37 heavy (non-hydrogen) atoms. The third-order valence-electron chi connectivity index (χ3n) is 11.5. The lowest BCUT2D eigenvalue weighted by Gasteiger charge is -2.64. The van der Waals surface area contributed by atoms with Crippen molar-refractivity contribution in [3.8, 4) is 0 Å². The smallest absolute Gasteiger partial charge is 0.170 e. The molecule has 0 aromatic rings. The highest BCUT2D eigenvalue weighted by Gasteiger charge is 2.74. The molecule has 4 rings (SSSR count). The summed E-state index contributed by atoms with van der Waals surface area (Å²) in [5.74, 6) is -1.96. The van der Waals surface area contributed by atoms with E-state index < -0.39 is 56.8 Å². The van der Waals surface area contributed by atoms with Gasteiger partial charge in [0.2, 0.25) is 0 Å². The van der Waals surface area contributed by atoms with Crippen molar-refractivity contribution in [2.24, 2.45) is 39.4 Å². The van der Waals surface area contributed by atoms with E-state index in [0.717, 1.165) is 5.57 Å². The highest BCUT2D eigenvalue weighted by atomic mass is 16.3. The van der Waals surface area contributed by atoms with Gasteiger partial charge < -0.3 is 20.4 Å². The average molecular weight is 519 g/mol. The lowest BCUT2D eigenvalue weighted by Crippen LogP contribution is -2.65. The monoisotopic (exact) mass is 518 g/mol. The second-order valence-electron chi connectivity index (χ2n) is 14.6. The summed E-state index contributed by atoms with van der Waals surface area (Å²) >= 11 is 0. The Bertz CT molecular complexity index is 1050. The minimum atomic E-state index is -1.86. The molecule has 3 saturated carbocycles. The van der Waals surface area contributed by atoms with Crippen LogP contribution in [0.25, 0.3) is 0 Å². The van der Waals surface area contributed by atoms with Gasteiger partial charge in [0.05, 0.1) is 11.7 Å². The first kappa shape index (κ1) is 28.6. The van der Waals surface area contributed by atoms with Crippen molar-refractivity contribution in [1.82, 2.24) is 0 Å². The van der Waals surface area contributed by atoms with Crippen molar-refractivity contribution >= 4 is 17.3 Å². The fraction of sp³-hybridized carbons (Fsp3) is 0.833. The van der Waals surface area contributed by atoms with Crippen molar-refractivity contribution in [2.75, 3.05) is 0 Å². The Balaban J connectivity index is 1.77. The summed E-state index contributed by atoms with van der Waals surface area (Å²) in [4.78, 5) is 40.4. The second kappa shape index (κ2) is 8.30. The minimum Gasteiger partial charge on any atom is -0.393 e. The maximum absolute atomic E-state index is 14.2. The molecular formula is C30H46O7. The van der Waals surface area contributed by atoms with Gasteiger partial charge in [-0.05, 0) is 83.0 Å². The van der Waals surface area contributed by atoms with Crippen molar-refractivity contribution in [1.29, 1.82) is 0 Å². The van der Waals surface area contributed by atoms with Gasteiger partial charge in [-0.25, -0.2) is 0 Å². The quantitative estimate of drug-likeness (QED) is 0.411. The van der Waals surface area contributed by atoms with Crippen LogP contribution in [-0.2, 0) is 14.4 Å². The maximum Gasteiger partial charge on any atom is 0.170 e. The molecule has 208 valence electrons. The van der Waals surface area contributed by atoms with E-state index in [1.807, 2.05) is 27.7 Å². The number of hydrogen-bond donors (Lipinski definition) is 4. The molecule has 0 heterocycles. The third kappa shape index (κ3) is 3.78. The number of aliphatic hydroxyl groups excluding tert-OH is 2. The molecular weight excluding hydrogens is 472 g/mol. The molecule has 0 aromatic heterocycles. The van der Waals surface area contributed by atoms with Gasteiger partial charge in [-0.1, -0.05) is 32.4 Å². The summed E-state index contributed by atoms with van der Waals surface area (Å²) in [6.45, 7) is 14.3. The van der Waals surface area contributed by atoms with Gasteiger partial charge in [-0.15, -0.1) is 0 Å². The molecule has 4 aliphatic rings. The number of carbonyl (C=O) groups excluding carboxylic acids is 3. The van der Waals surface area contributed by atoms with E-state index in [-0.39, 0.29) is 49.1 Å². The van der Waals surface area contributed by atoms with E-state index >= 15 is 0 Å². The molecule has 7 nitrogen and oxygen atoms in total. The fourth-order valence-electron chi connectivity index (χ4n) is 9.24. The highest BCUT2D eigenvalue weighted by molar-refractivity contribution is 5.95. The van der Waals surface area contributed by atoms with Crippen LogP contribution in [0.3, 0.4) is 0 Å². The van der Waals surface area contributed by atoms with Gasteiger partial charge in [0.25, 0.3) is 0 Å². The first-order valence-electron chi connectivity index (χ1n) is 13.8. The van der Waals surface area contributed by atoms with E-state index in [9.17, 15) is 34.8 Å². The van der Waals surface area contributed by atoms with E-state index in [2.05, 4.69) is 13.0 Å². The standard InChI is InChI=1S/C30H46O7/c1-25(2,36)12-11-21(33)30(8,37)23-19(32)14-27(5)20-10-9-16-17(13-18(31)24(35)26(16,3)4)29(20,7)22(34)15-28(23,27)6/h9,17-20,23,31-32,36-37H,10-15H2,1-8H3/t17-,18-,19+,20-,23+,27-,28+,29-,30-/m0/s1. The third-order valence-corrected chi connectivity index (χ3v) is 11.5. The van der Waals surface area contributed by atoms with Gasteiger partial charge in [-0.2, -0.15) is 0 Å². The molecule has 0 bridgehead atoms. The topological polar surface area (TPSA) is 132 Å². The lowest BCUT2D eigenvalue weighted by atomic mass is 9.38. The molecule has 0 aliphatic heterocycles. The molecule has 4 aliphatic carbocycles. The lowest BCUT2D eigenvalue weighted by molar-refractivity contribution is -0.185. The zero-order chi connectivity index (χ0) is 28.1. The number of ketones is 3. The number of allylic oxidation sites excluding steroid dienone is 2. The van der Waals surface area contributed by atoms with Gasteiger partial charge in [0, 0.05) is 29.6 Å².